The van der Waals surface area contributed by atoms with Crippen LogP contribution in [0.2, 0.25) is 0 Å². The van der Waals surface area contributed by atoms with Crippen molar-refractivity contribution in [2.24, 2.45) is 5.41 Å². The van der Waals surface area contributed by atoms with Crippen LogP contribution in [0.25, 0.3) is 0 Å². The van der Waals surface area contributed by atoms with E-state index < -0.39 is 0 Å². The highest BCUT2D eigenvalue weighted by molar-refractivity contribution is 9.10. The molecule has 0 saturated heterocycles. The minimum absolute atomic E-state index is 0.263. The van der Waals surface area contributed by atoms with E-state index in [0.717, 1.165) is 17.2 Å². The molecule has 0 unspecified atom stereocenters. The van der Waals surface area contributed by atoms with Gasteiger partial charge in [0.05, 0.1) is 0 Å². The Kier molecular flexibility index (Phi) is 3.26. The van der Waals surface area contributed by atoms with Gasteiger partial charge in [-0.15, -0.1) is 0 Å². The van der Waals surface area contributed by atoms with E-state index in [1.54, 1.807) is 0 Å². The van der Waals surface area contributed by atoms with Gasteiger partial charge in [0.15, 0.2) is 0 Å². The number of carbonyl (C=O) groups is 1. The normalized spacial score (nSPS) is 11.3. The predicted molar refractivity (Wildman–Crippen MR) is 57.7 cm³/mol. The van der Waals surface area contributed by atoms with Crippen LogP contribution in [0.1, 0.15) is 19.4 Å². The van der Waals surface area contributed by atoms with Gasteiger partial charge in [0.2, 0.25) is 0 Å². The fourth-order valence-corrected chi connectivity index (χ4v) is 1.66. The molecule has 0 atom stereocenters. The van der Waals surface area contributed by atoms with Gasteiger partial charge in [-0.2, -0.15) is 0 Å². The lowest BCUT2D eigenvalue weighted by Crippen LogP contribution is -2.16. The zero-order valence-electron chi connectivity index (χ0n) is 7.88. The van der Waals surface area contributed by atoms with Crippen LogP contribution in [-0.4, -0.2) is 6.29 Å². The zero-order valence-corrected chi connectivity index (χ0v) is 9.47. The zero-order chi connectivity index (χ0) is 9.90. The molecule has 0 saturated carbocycles. The van der Waals surface area contributed by atoms with Crippen molar-refractivity contribution < 1.29 is 4.79 Å². The first-order valence-corrected chi connectivity index (χ1v) is 5.03. The molecule has 0 amide bonds. The van der Waals surface area contributed by atoms with Crippen molar-refractivity contribution in [1.29, 1.82) is 0 Å². The Labute approximate surface area is 87.3 Å². The quantitative estimate of drug-likeness (QED) is 0.742. The molecule has 1 aromatic rings. The van der Waals surface area contributed by atoms with Crippen LogP contribution in [-0.2, 0) is 11.2 Å². The van der Waals surface area contributed by atoms with Gasteiger partial charge in [-0.1, -0.05) is 41.9 Å². The molecule has 0 heterocycles. The van der Waals surface area contributed by atoms with E-state index in [4.69, 9.17) is 0 Å². The third-order valence-electron chi connectivity index (χ3n) is 1.87. The van der Waals surface area contributed by atoms with E-state index in [1.807, 2.05) is 38.1 Å². The van der Waals surface area contributed by atoms with Crippen LogP contribution < -0.4 is 0 Å². The molecule has 2 heteroatoms. The number of rotatable bonds is 3. The highest BCUT2D eigenvalue weighted by Crippen LogP contribution is 2.21. The van der Waals surface area contributed by atoms with Crippen molar-refractivity contribution in [3.05, 3.63) is 34.3 Å². The molecule has 13 heavy (non-hydrogen) atoms. The molecule has 0 aromatic heterocycles. The highest BCUT2D eigenvalue weighted by Gasteiger charge is 2.16. The maximum absolute atomic E-state index is 10.7. The molecule has 0 aliphatic carbocycles. The lowest BCUT2D eigenvalue weighted by Gasteiger charge is -2.16. The summed E-state index contributed by atoms with van der Waals surface area (Å²) in [5.74, 6) is 0. The number of halogens is 1. The number of hydrogen-bond donors (Lipinski definition) is 0. The minimum Gasteiger partial charge on any atom is -0.303 e. The minimum atomic E-state index is -0.263. The molecule has 1 aromatic carbocycles. The molecule has 0 aliphatic heterocycles. The van der Waals surface area contributed by atoms with E-state index in [-0.39, 0.29) is 5.41 Å². The molecule has 1 nitrogen and oxygen atoms in total. The summed E-state index contributed by atoms with van der Waals surface area (Å²) in [4.78, 5) is 10.7. The summed E-state index contributed by atoms with van der Waals surface area (Å²) in [6.07, 6.45) is 1.80. The van der Waals surface area contributed by atoms with Crippen molar-refractivity contribution >= 4 is 22.2 Å². The molecule has 1 rings (SSSR count). The van der Waals surface area contributed by atoms with E-state index in [1.165, 1.54) is 5.56 Å². The van der Waals surface area contributed by atoms with Crippen molar-refractivity contribution in [3.63, 3.8) is 0 Å². The monoisotopic (exact) mass is 240 g/mol. The van der Waals surface area contributed by atoms with Gasteiger partial charge < -0.3 is 4.79 Å². The summed E-state index contributed by atoms with van der Waals surface area (Å²) in [5.41, 5.74) is 0.923. The van der Waals surface area contributed by atoms with Gasteiger partial charge >= 0.3 is 0 Å². The maximum Gasteiger partial charge on any atom is 0.125 e. The lowest BCUT2D eigenvalue weighted by molar-refractivity contribution is -0.114. The lowest BCUT2D eigenvalue weighted by atomic mass is 9.87. The first-order valence-electron chi connectivity index (χ1n) is 4.24. The average Bonchev–Trinajstić information content (AvgIpc) is 2.03. The van der Waals surface area contributed by atoms with Crippen LogP contribution in [0.3, 0.4) is 0 Å². The number of aldehydes is 1. The van der Waals surface area contributed by atoms with Gasteiger partial charge in [0.25, 0.3) is 0 Å². The van der Waals surface area contributed by atoms with Gasteiger partial charge in [-0.25, -0.2) is 0 Å². The van der Waals surface area contributed by atoms with Crippen molar-refractivity contribution in [2.75, 3.05) is 0 Å². The molecular weight excluding hydrogens is 228 g/mol. The predicted octanol–water partition coefficient (Wildman–Crippen LogP) is 3.22. The van der Waals surface area contributed by atoms with E-state index in [2.05, 4.69) is 15.9 Å². The second kappa shape index (κ2) is 4.05. The molecule has 0 bridgehead atoms. The van der Waals surface area contributed by atoms with Crippen LogP contribution in [0.5, 0.6) is 0 Å². The Hall–Kier alpha value is -0.630. The van der Waals surface area contributed by atoms with Gasteiger partial charge in [0, 0.05) is 9.89 Å². The molecule has 70 valence electrons. The third-order valence-corrected chi connectivity index (χ3v) is 2.36. The van der Waals surface area contributed by atoms with E-state index >= 15 is 0 Å². The van der Waals surface area contributed by atoms with E-state index in [9.17, 15) is 4.79 Å². The van der Waals surface area contributed by atoms with Crippen LogP contribution >= 0.6 is 15.9 Å². The smallest absolute Gasteiger partial charge is 0.125 e. The second-order valence-electron chi connectivity index (χ2n) is 3.91. The summed E-state index contributed by atoms with van der Waals surface area (Å²) in [7, 11) is 0. The van der Waals surface area contributed by atoms with Gasteiger partial charge in [-0.3, -0.25) is 0 Å². The topological polar surface area (TPSA) is 17.1 Å². The summed E-state index contributed by atoms with van der Waals surface area (Å²) >= 11 is 3.40. The molecular formula is C11H13BrO. The Morgan fingerprint density at radius 1 is 1.46 bits per heavy atom. The van der Waals surface area contributed by atoms with Crippen molar-refractivity contribution in [2.45, 2.75) is 20.3 Å². The molecule has 0 N–H and O–H groups in total. The van der Waals surface area contributed by atoms with Crippen LogP contribution in [0.15, 0.2) is 28.7 Å². The third kappa shape index (κ3) is 3.31. The second-order valence-corrected chi connectivity index (χ2v) is 4.83. The Morgan fingerprint density at radius 2 is 2.15 bits per heavy atom. The fourth-order valence-electron chi connectivity index (χ4n) is 1.21. The SMILES string of the molecule is CC(C)(C=O)Cc1cccc(Br)c1. The molecule has 0 fully saturated rings. The van der Waals surface area contributed by atoms with Gasteiger partial charge in [-0.05, 0) is 24.1 Å². The van der Waals surface area contributed by atoms with Crippen LogP contribution in [0, 0.1) is 5.41 Å². The Bertz CT molecular complexity index is 305. The first-order chi connectivity index (χ1) is 6.03. The summed E-state index contributed by atoms with van der Waals surface area (Å²) in [6, 6.07) is 8.05. The van der Waals surface area contributed by atoms with Crippen LogP contribution in [0.4, 0.5) is 0 Å². The number of carbonyl (C=O) groups excluding carboxylic acids is 1. The summed E-state index contributed by atoms with van der Waals surface area (Å²) < 4.78 is 1.06. The van der Waals surface area contributed by atoms with Crippen molar-refractivity contribution in [3.8, 4) is 0 Å². The summed E-state index contributed by atoms with van der Waals surface area (Å²) in [6.45, 7) is 3.89. The maximum atomic E-state index is 10.7. The number of benzene rings is 1. The summed E-state index contributed by atoms with van der Waals surface area (Å²) in [5, 5.41) is 0. The Morgan fingerprint density at radius 3 is 2.69 bits per heavy atom. The average molecular weight is 241 g/mol. The standard InChI is InChI=1S/C11H13BrO/c1-11(2,8-13)7-9-4-3-5-10(12)6-9/h3-6,8H,7H2,1-2H3. The molecule has 0 radical (unpaired) electrons. The molecule has 0 aliphatic rings. The molecule has 0 spiro atoms. The largest absolute Gasteiger partial charge is 0.303 e. The Balaban J connectivity index is 2.80. The van der Waals surface area contributed by atoms with Gasteiger partial charge in [0.1, 0.15) is 6.29 Å². The number of hydrogen-bond acceptors (Lipinski definition) is 1. The van der Waals surface area contributed by atoms with Crippen molar-refractivity contribution in [1.82, 2.24) is 0 Å². The highest BCUT2D eigenvalue weighted by atomic mass is 79.9. The van der Waals surface area contributed by atoms with E-state index in [0.29, 0.717) is 0 Å². The fraction of sp³-hybridized carbons (Fsp3) is 0.364. The first kappa shape index (κ1) is 10.5.